The highest BCUT2D eigenvalue weighted by Gasteiger charge is 2.38. The molecule has 3 heterocycles. The molecule has 134 valence electrons. The predicted molar refractivity (Wildman–Crippen MR) is 105 cm³/mol. The van der Waals surface area contributed by atoms with Gasteiger partial charge in [-0.05, 0) is 53.9 Å². The molecule has 4 nitrogen and oxygen atoms in total. The molecule has 0 bridgehead atoms. The number of carbonyl (C=O) groups excluding carboxylic acids is 1. The maximum Gasteiger partial charge on any atom is 0.243 e. The number of benzene rings is 1. The van der Waals surface area contributed by atoms with E-state index < -0.39 is 10.0 Å². The maximum absolute atomic E-state index is 13.4. The van der Waals surface area contributed by atoms with Gasteiger partial charge in [0.1, 0.15) is 0 Å². The van der Waals surface area contributed by atoms with Crippen LogP contribution >= 0.6 is 22.7 Å². The summed E-state index contributed by atoms with van der Waals surface area (Å²) in [5.41, 5.74) is 1.59. The van der Waals surface area contributed by atoms with Crippen LogP contribution in [-0.2, 0) is 16.4 Å². The molecule has 0 saturated carbocycles. The molecule has 26 heavy (non-hydrogen) atoms. The molecule has 2 aromatic heterocycles. The lowest BCUT2D eigenvalue weighted by molar-refractivity contribution is 0.101. The van der Waals surface area contributed by atoms with Gasteiger partial charge in [0.05, 0.1) is 10.9 Å². The van der Waals surface area contributed by atoms with Gasteiger partial charge in [-0.15, -0.1) is 22.7 Å². The highest BCUT2D eigenvalue weighted by Crippen LogP contribution is 2.42. The molecule has 0 saturated heterocycles. The van der Waals surface area contributed by atoms with Gasteiger partial charge in [-0.25, -0.2) is 8.42 Å². The zero-order valence-electron chi connectivity index (χ0n) is 14.1. The Balaban J connectivity index is 1.78. The van der Waals surface area contributed by atoms with E-state index in [9.17, 15) is 13.2 Å². The molecule has 1 aliphatic rings. The van der Waals surface area contributed by atoms with Crippen LogP contribution in [0.4, 0.5) is 0 Å². The number of hydrogen-bond donors (Lipinski definition) is 0. The highest BCUT2D eigenvalue weighted by molar-refractivity contribution is 7.89. The lowest BCUT2D eigenvalue weighted by Crippen LogP contribution is -2.39. The van der Waals surface area contributed by atoms with Crippen molar-refractivity contribution in [1.29, 1.82) is 0 Å². The molecule has 4 rings (SSSR count). The van der Waals surface area contributed by atoms with E-state index in [1.165, 1.54) is 23.9 Å². The Morgan fingerprint density at radius 2 is 1.85 bits per heavy atom. The molecule has 0 N–H and O–H groups in total. The van der Waals surface area contributed by atoms with Crippen LogP contribution in [0.1, 0.15) is 38.6 Å². The minimum Gasteiger partial charge on any atom is -0.295 e. The molecule has 0 radical (unpaired) electrons. The highest BCUT2D eigenvalue weighted by atomic mass is 32.2. The molecule has 0 aliphatic carbocycles. The number of carbonyl (C=O) groups is 1. The molecular weight excluding hydrogens is 386 g/mol. The molecule has 1 unspecified atom stereocenters. The van der Waals surface area contributed by atoms with Crippen molar-refractivity contribution in [3.05, 3.63) is 74.1 Å². The largest absolute Gasteiger partial charge is 0.295 e. The second kappa shape index (κ2) is 6.74. The fraction of sp³-hybridized carbons (Fsp3) is 0.211. The molecule has 7 heteroatoms. The molecule has 3 aromatic rings. The van der Waals surface area contributed by atoms with Crippen molar-refractivity contribution in [2.24, 2.45) is 0 Å². The number of Topliss-reactive ketones (excluding diaryl/α,β-unsaturated/α-hetero) is 1. The summed E-state index contributed by atoms with van der Waals surface area (Å²) >= 11 is 3.26. The van der Waals surface area contributed by atoms with Crippen LogP contribution in [-0.4, -0.2) is 25.1 Å². The van der Waals surface area contributed by atoms with Crippen molar-refractivity contribution in [3.8, 4) is 0 Å². The zero-order valence-corrected chi connectivity index (χ0v) is 16.5. The second-order valence-electron chi connectivity index (χ2n) is 6.16. The fourth-order valence-electron chi connectivity index (χ4n) is 3.29. The third-order valence-corrected chi connectivity index (χ3v) is 8.40. The first-order valence-corrected chi connectivity index (χ1v) is 11.4. The van der Waals surface area contributed by atoms with Gasteiger partial charge in [0.25, 0.3) is 0 Å². The number of rotatable bonds is 4. The van der Waals surface area contributed by atoms with E-state index in [2.05, 4.69) is 0 Å². The van der Waals surface area contributed by atoms with Gasteiger partial charge in [-0.3, -0.25) is 4.79 Å². The number of thiophene rings is 2. The first kappa shape index (κ1) is 17.6. The van der Waals surface area contributed by atoms with Gasteiger partial charge in [0, 0.05) is 21.9 Å². The molecule has 0 fully saturated rings. The monoisotopic (exact) mass is 403 g/mol. The molecule has 0 spiro atoms. The summed E-state index contributed by atoms with van der Waals surface area (Å²) in [5.74, 6) is -0.0775. The summed E-state index contributed by atoms with van der Waals surface area (Å²) in [6, 6.07) is 11.9. The summed E-state index contributed by atoms with van der Waals surface area (Å²) < 4.78 is 28.3. The third kappa shape index (κ3) is 2.95. The van der Waals surface area contributed by atoms with Crippen LogP contribution in [0.3, 0.4) is 0 Å². The van der Waals surface area contributed by atoms with Gasteiger partial charge in [-0.2, -0.15) is 4.31 Å². The number of hydrogen-bond acceptors (Lipinski definition) is 5. The van der Waals surface area contributed by atoms with E-state index in [1.807, 2.05) is 29.0 Å². The average molecular weight is 404 g/mol. The van der Waals surface area contributed by atoms with Crippen molar-refractivity contribution in [3.63, 3.8) is 0 Å². The van der Waals surface area contributed by atoms with Crippen molar-refractivity contribution in [2.75, 3.05) is 6.54 Å². The Hall–Kier alpha value is -1.80. The van der Waals surface area contributed by atoms with Crippen molar-refractivity contribution >= 4 is 38.5 Å². The molecule has 1 aliphatic heterocycles. The van der Waals surface area contributed by atoms with Crippen molar-refractivity contribution < 1.29 is 13.2 Å². The van der Waals surface area contributed by atoms with Crippen LogP contribution in [0, 0.1) is 0 Å². The number of fused-ring (bicyclic) bond motifs is 1. The lowest BCUT2D eigenvalue weighted by Gasteiger charge is -2.34. The zero-order chi connectivity index (χ0) is 18.3. The van der Waals surface area contributed by atoms with Gasteiger partial charge < -0.3 is 0 Å². The second-order valence-corrected chi connectivity index (χ2v) is 10.0. The summed E-state index contributed by atoms with van der Waals surface area (Å²) in [4.78, 5) is 14.0. The predicted octanol–water partition coefficient (Wildman–Crippen LogP) is 4.35. The Bertz CT molecular complexity index is 1030. The Labute approximate surface area is 160 Å². The average Bonchev–Trinajstić information content (AvgIpc) is 3.32. The molecular formula is C19H17NO3S3. The van der Waals surface area contributed by atoms with E-state index in [1.54, 1.807) is 39.1 Å². The topological polar surface area (TPSA) is 54.5 Å². The van der Waals surface area contributed by atoms with Crippen LogP contribution in [0.25, 0.3) is 0 Å². The van der Waals surface area contributed by atoms with Crippen molar-refractivity contribution in [1.82, 2.24) is 4.31 Å². The fourth-order valence-corrected chi connectivity index (χ4v) is 6.70. The van der Waals surface area contributed by atoms with Crippen molar-refractivity contribution in [2.45, 2.75) is 24.3 Å². The maximum atomic E-state index is 13.4. The lowest BCUT2D eigenvalue weighted by atomic mass is 10.0. The number of sulfonamides is 1. The third-order valence-electron chi connectivity index (χ3n) is 4.60. The van der Waals surface area contributed by atoms with E-state index in [0.717, 1.165) is 16.9 Å². The SMILES string of the molecule is CC(=O)c1ccc(S(=O)(=O)N2CCc3sccc3C2c2cccs2)cc1. The van der Waals surface area contributed by atoms with Crippen LogP contribution in [0.2, 0.25) is 0 Å². The van der Waals surface area contributed by atoms with Crippen LogP contribution < -0.4 is 0 Å². The van der Waals surface area contributed by atoms with E-state index in [-0.39, 0.29) is 16.7 Å². The van der Waals surface area contributed by atoms with Gasteiger partial charge >= 0.3 is 0 Å². The number of nitrogens with zero attached hydrogens (tertiary/aromatic N) is 1. The van der Waals surface area contributed by atoms with E-state index >= 15 is 0 Å². The normalized spacial score (nSPS) is 17.8. The summed E-state index contributed by atoms with van der Waals surface area (Å²) in [5, 5.41) is 4.01. The smallest absolute Gasteiger partial charge is 0.243 e. The molecule has 0 amide bonds. The molecule has 1 atom stereocenters. The van der Waals surface area contributed by atoms with E-state index in [4.69, 9.17) is 0 Å². The van der Waals surface area contributed by atoms with E-state index in [0.29, 0.717) is 12.1 Å². The minimum absolute atomic E-state index is 0.0775. The Morgan fingerprint density at radius 3 is 2.50 bits per heavy atom. The first-order valence-electron chi connectivity index (χ1n) is 8.21. The summed E-state index contributed by atoms with van der Waals surface area (Å²) in [6.07, 6.45) is 0.722. The number of ketones is 1. The van der Waals surface area contributed by atoms with Gasteiger partial charge in [-0.1, -0.05) is 18.2 Å². The standard InChI is InChI=1S/C19H17NO3S3/c1-13(21)14-4-6-15(7-5-14)26(22,23)20-10-8-17-16(9-12-25-17)19(20)18-3-2-11-24-18/h2-7,9,11-12,19H,8,10H2,1H3. The first-order chi connectivity index (χ1) is 12.5. The van der Waals surface area contributed by atoms with Gasteiger partial charge in [0.2, 0.25) is 10.0 Å². The van der Waals surface area contributed by atoms with Crippen LogP contribution in [0.15, 0.2) is 58.1 Å². The Kier molecular flexibility index (Phi) is 4.56. The van der Waals surface area contributed by atoms with Gasteiger partial charge in [0.15, 0.2) is 5.78 Å². The minimum atomic E-state index is -3.67. The van der Waals surface area contributed by atoms with Crippen LogP contribution in [0.5, 0.6) is 0 Å². The Morgan fingerprint density at radius 1 is 1.08 bits per heavy atom. The summed E-state index contributed by atoms with van der Waals surface area (Å²) in [6.45, 7) is 1.92. The quantitative estimate of drug-likeness (QED) is 0.609. The molecule has 1 aromatic carbocycles. The summed E-state index contributed by atoms with van der Waals surface area (Å²) in [7, 11) is -3.67.